The molecule has 1 saturated heterocycles. The first-order chi connectivity index (χ1) is 8.29. The number of hydrogen-bond acceptors (Lipinski definition) is 5. The standard InChI is InChI=1S/C12H17N5/c1-17-6-2-3-10(9-17)8-16-12-11(7-13)14-4-5-15-12/h4-5,10H,2-3,6,8-9H2,1H3,(H,15,16). The lowest BCUT2D eigenvalue weighted by molar-refractivity contribution is 0.217. The number of nitrogens with zero attached hydrogens (tertiary/aromatic N) is 4. The molecule has 17 heavy (non-hydrogen) atoms. The Balaban J connectivity index is 1.91. The molecule has 1 aliphatic heterocycles. The van der Waals surface area contributed by atoms with Crippen LogP contribution in [0.25, 0.3) is 0 Å². The van der Waals surface area contributed by atoms with E-state index in [9.17, 15) is 0 Å². The number of likely N-dealkylation sites (tertiary alicyclic amines) is 1. The zero-order valence-electron chi connectivity index (χ0n) is 10.1. The summed E-state index contributed by atoms with van der Waals surface area (Å²) in [5, 5.41) is 12.1. The Morgan fingerprint density at radius 2 is 2.35 bits per heavy atom. The smallest absolute Gasteiger partial charge is 0.182 e. The van der Waals surface area contributed by atoms with E-state index < -0.39 is 0 Å². The van der Waals surface area contributed by atoms with E-state index in [0.29, 0.717) is 17.4 Å². The molecule has 1 fully saturated rings. The van der Waals surface area contributed by atoms with Crippen molar-refractivity contribution in [2.75, 3.05) is 32.0 Å². The summed E-state index contributed by atoms with van der Waals surface area (Å²) in [5.41, 5.74) is 0.372. The van der Waals surface area contributed by atoms with Crippen molar-refractivity contribution in [3.8, 4) is 6.07 Å². The third-order valence-electron chi connectivity index (χ3n) is 3.08. The lowest BCUT2D eigenvalue weighted by Gasteiger charge is -2.29. The number of hydrogen-bond donors (Lipinski definition) is 1. The van der Waals surface area contributed by atoms with E-state index in [0.717, 1.165) is 13.1 Å². The Bertz CT molecular complexity index is 412. The Hall–Kier alpha value is -1.67. The summed E-state index contributed by atoms with van der Waals surface area (Å²) >= 11 is 0. The van der Waals surface area contributed by atoms with Gasteiger partial charge in [0.05, 0.1) is 0 Å². The molecule has 0 aromatic carbocycles. The van der Waals surface area contributed by atoms with Crippen LogP contribution in [0.15, 0.2) is 12.4 Å². The average molecular weight is 231 g/mol. The third kappa shape index (κ3) is 3.14. The van der Waals surface area contributed by atoms with Gasteiger partial charge in [0.25, 0.3) is 0 Å². The summed E-state index contributed by atoms with van der Waals surface area (Å²) in [6, 6.07) is 2.05. The quantitative estimate of drug-likeness (QED) is 0.844. The molecule has 5 heteroatoms. The van der Waals surface area contributed by atoms with Crippen LogP contribution in [-0.2, 0) is 0 Å². The van der Waals surface area contributed by atoms with E-state index in [1.807, 2.05) is 6.07 Å². The molecule has 2 rings (SSSR count). The summed E-state index contributed by atoms with van der Waals surface area (Å²) in [6.07, 6.45) is 5.63. The van der Waals surface area contributed by atoms with Crippen LogP contribution < -0.4 is 5.32 Å². The molecule has 0 amide bonds. The van der Waals surface area contributed by atoms with Crippen LogP contribution in [0.1, 0.15) is 18.5 Å². The number of piperidine rings is 1. The second kappa shape index (κ2) is 5.60. The molecule has 2 heterocycles. The molecule has 1 aliphatic rings. The summed E-state index contributed by atoms with van der Waals surface area (Å²) in [5.74, 6) is 1.23. The van der Waals surface area contributed by atoms with Crippen LogP contribution in [0.2, 0.25) is 0 Å². The number of aromatic nitrogens is 2. The Morgan fingerprint density at radius 1 is 1.53 bits per heavy atom. The maximum atomic E-state index is 8.90. The number of anilines is 1. The zero-order valence-corrected chi connectivity index (χ0v) is 10.1. The molecular weight excluding hydrogens is 214 g/mol. The van der Waals surface area contributed by atoms with Gasteiger partial charge in [0.1, 0.15) is 6.07 Å². The van der Waals surface area contributed by atoms with Crippen LogP contribution in [0.4, 0.5) is 5.82 Å². The Morgan fingerprint density at radius 3 is 3.12 bits per heavy atom. The van der Waals surface area contributed by atoms with Gasteiger partial charge in [0, 0.05) is 25.5 Å². The lowest BCUT2D eigenvalue weighted by Crippen LogP contribution is -2.35. The highest BCUT2D eigenvalue weighted by Crippen LogP contribution is 2.16. The van der Waals surface area contributed by atoms with E-state index in [2.05, 4.69) is 27.2 Å². The van der Waals surface area contributed by atoms with Crippen molar-refractivity contribution < 1.29 is 0 Å². The second-order valence-electron chi connectivity index (χ2n) is 4.52. The topological polar surface area (TPSA) is 64.8 Å². The van der Waals surface area contributed by atoms with E-state index in [-0.39, 0.29) is 0 Å². The fourth-order valence-corrected chi connectivity index (χ4v) is 2.23. The highest BCUT2D eigenvalue weighted by atomic mass is 15.1. The van der Waals surface area contributed by atoms with Gasteiger partial charge in [0.15, 0.2) is 11.5 Å². The first-order valence-electron chi connectivity index (χ1n) is 5.93. The summed E-state index contributed by atoms with van der Waals surface area (Å²) in [4.78, 5) is 10.5. The predicted octanol–water partition coefficient (Wildman–Crippen LogP) is 1.10. The van der Waals surface area contributed by atoms with Gasteiger partial charge < -0.3 is 10.2 Å². The van der Waals surface area contributed by atoms with Crippen molar-refractivity contribution in [1.29, 1.82) is 5.26 Å². The number of nitriles is 1. The fourth-order valence-electron chi connectivity index (χ4n) is 2.23. The van der Waals surface area contributed by atoms with Crippen molar-refractivity contribution in [1.82, 2.24) is 14.9 Å². The van der Waals surface area contributed by atoms with E-state index >= 15 is 0 Å². The fraction of sp³-hybridized carbons (Fsp3) is 0.583. The minimum atomic E-state index is 0.372. The molecule has 0 bridgehead atoms. The van der Waals surface area contributed by atoms with E-state index in [1.54, 1.807) is 6.20 Å². The highest BCUT2D eigenvalue weighted by molar-refractivity contribution is 5.46. The van der Waals surface area contributed by atoms with Crippen LogP contribution in [0, 0.1) is 17.2 Å². The molecule has 1 N–H and O–H groups in total. The normalized spacial score (nSPS) is 20.8. The monoisotopic (exact) mass is 231 g/mol. The maximum absolute atomic E-state index is 8.90. The summed E-state index contributed by atoms with van der Waals surface area (Å²) in [6.45, 7) is 3.15. The van der Waals surface area contributed by atoms with Gasteiger partial charge in [-0.3, -0.25) is 0 Å². The van der Waals surface area contributed by atoms with Gasteiger partial charge in [-0.2, -0.15) is 5.26 Å². The average Bonchev–Trinajstić information content (AvgIpc) is 2.37. The number of rotatable bonds is 3. The number of nitrogens with one attached hydrogen (secondary N) is 1. The van der Waals surface area contributed by atoms with Crippen molar-refractivity contribution in [3.63, 3.8) is 0 Å². The van der Waals surface area contributed by atoms with Gasteiger partial charge >= 0.3 is 0 Å². The Kier molecular flexibility index (Phi) is 3.89. The molecule has 1 unspecified atom stereocenters. The molecule has 0 saturated carbocycles. The van der Waals surface area contributed by atoms with Gasteiger partial charge in [-0.25, -0.2) is 9.97 Å². The first kappa shape index (κ1) is 11.8. The van der Waals surface area contributed by atoms with Gasteiger partial charge in [-0.1, -0.05) is 0 Å². The minimum Gasteiger partial charge on any atom is -0.367 e. The highest BCUT2D eigenvalue weighted by Gasteiger charge is 2.17. The third-order valence-corrected chi connectivity index (χ3v) is 3.08. The predicted molar refractivity (Wildman–Crippen MR) is 65.5 cm³/mol. The van der Waals surface area contributed by atoms with Gasteiger partial charge in [-0.15, -0.1) is 0 Å². The van der Waals surface area contributed by atoms with Crippen LogP contribution in [0.3, 0.4) is 0 Å². The Labute approximate surface area is 101 Å². The van der Waals surface area contributed by atoms with Crippen molar-refractivity contribution in [2.24, 2.45) is 5.92 Å². The molecule has 1 aromatic heterocycles. The molecule has 90 valence electrons. The largest absolute Gasteiger partial charge is 0.367 e. The molecular formula is C12H17N5. The van der Waals surface area contributed by atoms with E-state index in [4.69, 9.17) is 5.26 Å². The molecule has 1 aromatic rings. The first-order valence-corrected chi connectivity index (χ1v) is 5.93. The second-order valence-corrected chi connectivity index (χ2v) is 4.52. The molecule has 5 nitrogen and oxygen atoms in total. The van der Waals surface area contributed by atoms with Crippen molar-refractivity contribution >= 4 is 5.82 Å². The van der Waals surface area contributed by atoms with Crippen molar-refractivity contribution in [2.45, 2.75) is 12.8 Å². The molecule has 0 spiro atoms. The molecule has 1 atom stereocenters. The van der Waals surface area contributed by atoms with Crippen LogP contribution in [0.5, 0.6) is 0 Å². The van der Waals surface area contributed by atoms with Gasteiger partial charge in [-0.05, 0) is 32.4 Å². The molecule has 0 radical (unpaired) electrons. The lowest BCUT2D eigenvalue weighted by atomic mass is 9.98. The maximum Gasteiger partial charge on any atom is 0.182 e. The van der Waals surface area contributed by atoms with Crippen LogP contribution >= 0.6 is 0 Å². The SMILES string of the molecule is CN1CCCC(CNc2nccnc2C#N)C1. The van der Waals surface area contributed by atoms with Crippen LogP contribution in [-0.4, -0.2) is 41.5 Å². The zero-order chi connectivity index (χ0) is 12.1. The summed E-state index contributed by atoms with van der Waals surface area (Å²) in [7, 11) is 2.15. The van der Waals surface area contributed by atoms with Crippen molar-refractivity contribution in [3.05, 3.63) is 18.1 Å². The molecule has 0 aliphatic carbocycles. The minimum absolute atomic E-state index is 0.372. The van der Waals surface area contributed by atoms with Gasteiger partial charge in [0.2, 0.25) is 0 Å². The van der Waals surface area contributed by atoms with E-state index in [1.165, 1.54) is 25.6 Å². The summed E-state index contributed by atoms with van der Waals surface area (Å²) < 4.78 is 0.